The van der Waals surface area contributed by atoms with Gasteiger partial charge in [-0.2, -0.15) is 0 Å². The lowest BCUT2D eigenvalue weighted by molar-refractivity contribution is -0.111. The topological polar surface area (TPSA) is 67.4 Å². The van der Waals surface area contributed by atoms with Gasteiger partial charge in [0.25, 0.3) is 5.91 Å². The highest BCUT2D eigenvalue weighted by Gasteiger charge is 2.20. The van der Waals surface area contributed by atoms with Crippen LogP contribution < -0.4 is 5.32 Å². The summed E-state index contributed by atoms with van der Waals surface area (Å²) in [6.45, 7) is 4.60. The quantitative estimate of drug-likeness (QED) is 0.843. The van der Waals surface area contributed by atoms with Crippen molar-refractivity contribution in [1.29, 1.82) is 0 Å². The zero-order valence-corrected chi connectivity index (χ0v) is 12.4. The largest absolute Gasteiger partial charge is 0.378 e. The Kier molecular flexibility index (Phi) is 5.17. The molecule has 1 amide bonds. The summed E-state index contributed by atoms with van der Waals surface area (Å²) in [5.74, 6) is -0.295. The number of nitrogens with one attached hydrogen (secondary N) is 1. The Morgan fingerprint density at radius 2 is 2.21 bits per heavy atom. The van der Waals surface area contributed by atoms with E-state index in [-0.39, 0.29) is 10.9 Å². The zero-order valence-electron chi connectivity index (χ0n) is 10.7. The third-order valence-corrected chi connectivity index (χ3v) is 3.99. The summed E-state index contributed by atoms with van der Waals surface area (Å²) in [7, 11) is 0. The Labute approximate surface area is 121 Å². The van der Waals surface area contributed by atoms with Crippen LogP contribution in [-0.4, -0.2) is 52.3 Å². The first-order valence-electron chi connectivity index (χ1n) is 6.21. The van der Waals surface area contributed by atoms with E-state index in [1.165, 1.54) is 11.3 Å². The molecular formula is C11H16N4O2S2. The number of aromatic nitrogens is 2. The van der Waals surface area contributed by atoms with Gasteiger partial charge in [-0.05, 0) is 6.42 Å². The van der Waals surface area contributed by atoms with Crippen LogP contribution in [0.25, 0.3) is 0 Å². The maximum Gasteiger partial charge on any atom is 0.285 e. The second kappa shape index (κ2) is 6.88. The SMILES string of the molecule is CCCc1nnc(NC(=O)C(=S)N2CCOCC2)s1. The number of ether oxygens (including phenoxy) is 1. The molecule has 0 saturated carbocycles. The lowest BCUT2D eigenvalue weighted by Gasteiger charge is -2.28. The monoisotopic (exact) mass is 300 g/mol. The molecule has 0 radical (unpaired) electrons. The molecule has 6 nitrogen and oxygen atoms in total. The molecule has 0 aliphatic carbocycles. The number of aryl methyl sites for hydroxylation is 1. The molecule has 0 spiro atoms. The lowest BCUT2D eigenvalue weighted by atomic mass is 10.4. The Hall–Kier alpha value is -1.12. The molecule has 0 aromatic carbocycles. The zero-order chi connectivity index (χ0) is 13.7. The molecule has 1 saturated heterocycles. The highest BCUT2D eigenvalue weighted by atomic mass is 32.1. The summed E-state index contributed by atoms with van der Waals surface area (Å²) < 4.78 is 5.22. The van der Waals surface area contributed by atoms with Gasteiger partial charge in [0, 0.05) is 19.5 Å². The first-order chi connectivity index (χ1) is 9.20. The minimum atomic E-state index is -0.295. The number of carbonyl (C=O) groups excluding carboxylic acids is 1. The van der Waals surface area contributed by atoms with Crippen molar-refractivity contribution in [3.63, 3.8) is 0 Å². The minimum absolute atomic E-state index is 0.288. The summed E-state index contributed by atoms with van der Waals surface area (Å²) in [6, 6.07) is 0. The molecule has 2 rings (SSSR count). The van der Waals surface area contributed by atoms with Crippen LogP contribution in [0.15, 0.2) is 0 Å². The number of carbonyl (C=O) groups is 1. The molecular weight excluding hydrogens is 284 g/mol. The van der Waals surface area contributed by atoms with Gasteiger partial charge in [0.1, 0.15) is 5.01 Å². The van der Waals surface area contributed by atoms with Crippen molar-refractivity contribution >= 4 is 39.6 Å². The maximum atomic E-state index is 12.0. The molecule has 1 aliphatic rings. The molecule has 0 bridgehead atoms. The number of hydrogen-bond donors (Lipinski definition) is 1. The summed E-state index contributed by atoms with van der Waals surface area (Å²) >= 11 is 6.56. The highest BCUT2D eigenvalue weighted by Crippen LogP contribution is 2.16. The Morgan fingerprint density at radius 1 is 1.47 bits per heavy atom. The van der Waals surface area contributed by atoms with Crippen molar-refractivity contribution in [2.24, 2.45) is 0 Å². The van der Waals surface area contributed by atoms with E-state index < -0.39 is 0 Å². The van der Waals surface area contributed by atoms with E-state index in [1.807, 2.05) is 4.90 Å². The van der Waals surface area contributed by atoms with Crippen LogP contribution in [0.3, 0.4) is 0 Å². The third-order valence-electron chi connectivity index (χ3n) is 2.64. The summed E-state index contributed by atoms with van der Waals surface area (Å²) in [5, 5.41) is 12.1. The molecule has 0 unspecified atom stereocenters. The average Bonchev–Trinajstić information content (AvgIpc) is 2.86. The lowest BCUT2D eigenvalue weighted by Crippen LogP contribution is -2.44. The van der Waals surface area contributed by atoms with Gasteiger partial charge in [-0.3, -0.25) is 10.1 Å². The summed E-state index contributed by atoms with van der Waals surface area (Å²) in [5.41, 5.74) is 0. The molecule has 1 aromatic rings. The van der Waals surface area contributed by atoms with E-state index in [1.54, 1.807) is 0 Å². The van der Waals surface area contributed by atoms with Gasteiger partial charge in [-0.15, -0.1) is 10.2 Å². The Bertz CT molecular complexity index is 457. The second-order valence-electron chi connectivity index (χ2n) is 4.11. The molecule has 104 valence electrons. The molecule has 1 fully saturated rings. The smallest absolute Gasteiger partial charge is 0.285 e. The van der Waals surface area contributed by atoms with Gasteiger partial charge < -0.3 is 9.64 Å². The van der Waals surface area contributed by atoms with Gasteiger partial charge in [0.05, 0.1) is 13.2 Å². The fraction of sp³-hybridized carbons (Fsp3) is 0.636. The van der Waals surface area contributed by atoms with Crippen molar-refractivity contribution in [1.82, 2.24) is 15.1 Å². The normalized spacial score (nSPS) is 15.3. The molecule has 0 atom stereocenters. The number of anilines is 1. The van der Waals surface area contributed by atoms with Crippen molar-refractivity contribution in [2.45, 2.75) is 19.8 Å². The standard InChI is InChI=1S/C11H16N4O2S2/c1-2-3-8-13-14-11(19-8)12-9(16)10(18)15-4-6-17-7-5-15/h2-7H2,1H3,(H,12,14,16). The molecule has 8 heteroatoms. The van der Waals surface area contributed by atoms with E-state index in [0.29, 0.717) is 31.4 Å². The van der Waals surface area contributed by atoms with Crippen LogP contribution >= 0.6 is 23.6 Å². The fourth-order valence-electron chi connectivity index (χ4n) is 1.68. The number of amides is 1. The summed E-state index contributed by atoms with van der Waals surface area (Å²) in [6.07, 6.45) is 1.89. The molecule has 2 heterocycles. The Morgan fingerprint density at radius 3 is 2.89 bits per heavy atom. The number of thiocarbonyl (C=S) groups is 1. The van der Waals surface area contributed by atoms with Crippen molar-refractivity contribution in [3.8, 4) is 0 Å². The predicted molar refractivity (Wildman–Crippen MR) is 77.5 cm³/mol. The van der Waals surface area contributed by atoms with E-state index in [4.69, 9.17) is 17.0 Å². The first-order valence-corrected chi connectivity index (χ1v) is 7.43. The number of nitrogens with zero attached hydrogens (tertiary/aromatic N) is 3. The minimum Gasteiger partial charge on any atom is -0.378 e. The van der Waals surface area contributed by atoms with Crippen LogP contribution in [0.5, 0.6) is 0 Å². The van der Waals surface area contributed by atoms with Crippen LogP contribution in [-0.2, 0) is 16.0 Å². The van der Waals surface area contributed by atoms with Gasteiger partial charge in [0.2, 0.25) is 5.13 Å². The highest BCUT2D eigenvalue weighted by molar-refractivity contribution is 7.82. The van der Waals surface area contributed by atoms with Gasteiger partial charge >= 0.3 is 0 Å². The number of rotatable bonds is 3. The van der Waals surface area contributed by atoms with E-state index in [2.05, 4.69) is 22.4 Å². The number of morpholine rings is 1. The molecule has 1 aliphatic heterocycles. The molecule has 19 heavy (non-hydrogen) atoms. The van der Waals surface area contributed by atoms with E-state index >= 15 is 0 Å². The van der Waals surface area contributed by atoms with Crippen LogP contribution in [0.1, 0.15) is 18.4 Å². The van der Waals surface area contributed by atoms with Gasteiger partial charge in [-0.25, -0.2) is 0 Å². The molecule has 1 N–H and O–H groups in total. The van der Waals surface area contributed by atoms with Crippen molar-refractivity contribution in [3.05, 3.63) is 5.01 Å². The Balaban J connectivity index is 1.90. The van der Waals surface area contributed by atoms with Crippen LogP contribution in [0.2, 0.25) is 0 Å². The van der Waals surface area contributed by atoms with Gasteiger partial charge in [-0.1, -0.05) is 30.5 Å². The van der Waals surface area contributed by atoms with Crippen molar-refractivity contribution in [2.75, 3.05) is 31.6 Å². The first kappa shape index (κ1) is 14.3. The fourth-order valence-corrected chi connectivity index (χ4v) is 2.75. The van der Waals surface area contributed by atoms with Crippen LogP contribution in [0, 0.1) is 0 Å². The van der Waals surface area contributed by atoms with Gasteiger partial charge in [0.15, 0.2) is 4.99 Å². The second-order valence-corrected chi connectivity index (χ2v) is 5.56. The molecule has 1 aromatic heterocycles. The predicted octanol–water partition coefficient (Wildman–Crippen LogP) is 1.09. The summed E-state index contributed by atoms with van der Waals surface area (Å²) in [4.78, 5) is 14.1. The third kappa shape index (κ3) is 3.92. The van der Waals surface area contributed by atoms with Crippen molar-refractivity contribution < 1.29 is 9.53 Å². The average molecular weight is 300 g/mol. The van der Waals surface area contributed by atoms with E-state index in [9.17, 15) is 4.79 Å². The number of hydrogen-bond acceptors (Lipinski definition) is 6. The van der Waals surface area contributed by atoms with Crippen LogP contribution in [0.4, 0.5) is 5.13 Å². The van der Waals surface area contributed by atoms with E-state index in [0.717, 1.165) is 17.8 Å². The maximum absolute atomic E-state index is 12.0.